The maximum Gasteiger partial charge on any atom is 0.268 e. The number of rotatable bonds is 3. The standard InChI is InChI=1S/C21H27ClN2O2/c1-20(2)19(25)23(24(20)16-6-4-5-7-17(16)26-3)18-14-8-13-9-15(18)12-21(22,10-13)11-14/h4-7,13-15,18H,8-12H2,1-3H3. The third-order valence-corrected chi connectivity index (χ3v) is 7.68. The van der Waals surface area contributed by atoms with E-state index >= 15 is 0 Å². The molecule has 1 saturated heterocycles. The largest absolute Gasteiger partial charge is 0.495 e. The average Bonchev–Trinajstić information content (AvgIpc) is 2.58. The average molecular weight is 375 g/mol. The Bertz CT molecular complexity index is 748. The van der Waals surface area contributed by atoms with Gasteiger partial charge in [0, 0.05) is 4.87 Å². The maximum absolute atomic E-state index is 13.2. The third kappa shape index (κ3) is 2.11. The second kappa shape index (κ2) is 5.31. The van der Waals surface area contributed by atoms with Gasteiger partial charge in [0.25, 0.3) is 5.91 Å². The molecule has 0 radical (unpaired) electrons. The van der Waals surface area contributed by atoms with Crippen molar-refractivity contribution in [1.29, 1.82) is 0 Å². The van der Waals surface area contributed by atoms with Crippen LogP contribution in [0.2, 0.25) is 0 Å². The zero-order valence-electron chi connectivity index (χ0n) is 15.7. The van der Waals surface area contributed by atoms with E-state index in [-0.39, 0.29) is 16.8 Å². The molecule has 4 saturated carbocycles. The summed E-state index contributed by atoms with van der Waals surface area (Å²) in [5.41, 5.74) is 0.441. The van der Waals surface area contributed by atoms with Crippen LogP contribution in [0.5, 0.6) is 5.75 Å². The van der Waals surface area contributed by atoms with Crippen LogP contribution in [-0.4, -0.2) is 34.5 Å². The SMILES string of the molecule is COc1ccccc1N1N(C2C3CC4CC2CC(Cl)(C4)C3)C(=O)C1(C)C. The van der Waals surface area contributed by atoms with Gasteiger partial charge in [0.2, 0.25) is 0 Å². The predicted molar refractivity (Wildman–Crippen MR) is 102 cm³/mol. The molecule has 1 aromatic rings. The van der Waals surface area contributed by atoms with Crippen LogP contribution in [0.15, 0.2) is 24.3 Å². The minimum absolute atomic E-state index is 0.00823. The Balaban J connectivity index is 1.53. The van der Waals surface area contributed by atoms with Gasteiger partial charge in [0.15, 0.2) is 0 Å². The molecule has 4 aliphatic carbocycles. The molecule has 1 aliphatic heterocycles. The van der Waals surface area contributed by atoms with Gasteiger partial charge in [-0.2, -0.15) is 0 Å². The summed E-state index contributed by atoms with van der Waals surface area (Å²) in [4.78, 5) is 13.2. The van der Waals surface area contributed by atoms with Crippen LogP contribution in [0.4, 0.5) is 5.69 Å². The van der Waals surface area contributed by atoms with E-state index in [1.807, 2.05) is 32.0 Å². The van der Waals surface area contributed by atoms with Crippen LogP contribution in [0.25, 0.3) is 0 Å². The number of benzene rings is 1. The van der Waals surface area contributed by atoms with Gasteiger partial charge in [-0.05, 0) is 75.8 Å². The molecule has 5 heteroatoms. The van der Waals surface area contributed by atoms with Crippen molar-refractivity contribution in [3.05, 3.63) is 24.3 Å². The van der Waals surface area contributed by atoms with Crippen molar-refractivity contribution in [2.75, 3.05) is 12.1 Å². The molecule has 6 rings (SSSR count). The van der Waals surface area contributed by atoms with Crippen LogP contribution >= 0.6 is 11.6 Å². The van der Waals surface area contributed by atoms with Crippen molar-refractivity contribution in [2.24, 2.45) is 17.8 Å². The van der Waals surface area contributed by atoms with E-state index in [9.17, 15) is 4.79 Å². The highest BCUT2D eigenvalue weighted by atomic mass is 35.5. The molecular weight excluding hydrogens is 348 g/mol. The molecule has 4 nitrogen and oxygen atoms in total. The molecule has 0 spiro atoms. The Kier molecular flexibility index (Phi) is 3.42. The monoisotopic (exact) mass is 374 g/mol. The number of carbonyl (C=O) groups is 1. The topological polar surface area (TPSA) is 32.8 Å². The van der Waals surface area contributed by atoms with E-state index < -0.39 is 5.54 Å². The van der Waals surface area contributed by atoms with E-state index in [0.717, 1.165) is 30.2 Å². The van der Waals surface area contributed by atoms with Crippen molar-refractivity contribution in [1.82, 2.24) is 5.01 Å². The van der Waals surface area contributed by atoms with Crippen LogP contribution in [0.1, 0.15) is 46.0 Å². The number of nitrogens with zero attached hydrogens (tertiary/aromatic N) is 2. The number of amides is 1. The lowest BCUT2D eigenvalue weighted by Crippen LogP contribution is -2.80. The first-order chi connectivity index (χ1) is 12.3. The number of methoxy groups -OCH3 is 1. The molecule has 4 bridgehead atoms. The molecule has 2 unspecified atom stereocenters. The molecule has 1 aromatic carbocycles. The summed E-state index contributed by atoms with van der Waals surface area (Å²) >= 11 is 6.92. The van der Waals surface area contributed by atoms with Gasteiger partial charge in [-0.25, -0.2) is 5.01 Å². The Morgan fingerprint density at radius 1 is 1.12 bits per heavy atom. The minimum atomic E-state index is -0.540. The number of alkyl halides is 1. The molecule has 5 fully saturated rings. The summed E-state index contributed by atoms with van der Waals surface area (Å²) in [5.74, 6) is 2.84. The van der Waals surface area contributed by atoms with Crippen LogP contribution in [-0.2, 0) is 4.79 Å². The highest BCUT2D eigenvalue weighted by Crippen LogP contribution is 2.61. The summed E-state index contributed by atoms with van der Waals surface area (Å²) in [5, 5.41) is 4.24. The molecule has 140 valence electrons. The van der Waals surface area contributed by atoms with Crippen molar-refractivity contribution in [3.63, 3.8) is 0 Å². The van der Waals surface area contributed by atoms with Gasteiger partial charge >= 0.3 is 0 Å². The van der Waals surface area contributed by atoms with Gasteiger partial charge in [-0.3, -0.25) is 9.80 Å². The lowest BCUT2D eigenvalue weighted by Gasteiger charge is -2.67. The number of hydrogen-bond acceptors (Lipinski definition) is 3. The van der Waals surface area contributed by atoms with E-state index in [2.05, 4.69) is 16.1 Å². The van der Waals surface area contributed by atoms with E-state index in [0.29, 0.717) is 11.8 Å². The third-order valence-electron chi connectivity index (χ3n) is 7.22. The molecule has 0 N–H and O–H groups in total. The first kappa shape index (κ1) is 16.7. The highest BCUT2D eigenvalue weighted by Gasteiger charge is 2.63. The molecule has 5 aliphatic rings. The molecule has 1 heterocycles. The smallest absolute Gasteiger partial charge is 0.268 e. The van der Waals surface area contributed by atoms with E-state index in [4.69, 9.17) is 16.3 Å². The Morgan fingerprint density at radius 2 is 1.77 bits per heavy atom. The van der Waals surface area contributed by atoms with Crippen LogP contribution in [0.3, 0.4) is 0 Å². The first-order valence-electron chi connectivity index (χ1n) is 9.80. The second-order valence-corrected chi connectivity index (χ2v) is 10.1. The normalized spacial score (nSPS) is 39.9. The number of ether oxygens (including phenoxy) is 1. The summed E-state index contributed by atoms with van der Waals surface area (Å²) < 4.78 is 5.60. The summed E-state index contributed by atoms with van der Waals surface area (Å²) in [7, 11) is 1.69. The summed E-state index contributed by atoms with van der Waals surface area (Å²) in [6.45, 7) is 4.02. The lowest BCUT2D eigenvalue weighted by atomic mass is 9.53. The quantitative estimate of drug-likeness (QED) is 0.742. The molecule has 1 amide bonds. The van der Waals surface area contributed by atoms with Crippen molar-refractivity contribution >= 4 is 23.2 Å². The maximum atomic E-state index is 13.2. The lowest BCUT2D eigenvalue weighted by molar-refractivity contribution is -0.169. The Labute approximate surface area is 160 Å². The zero-order chi connectivity index (χ0) is 18.3. The Hall–Kier alpha value is -1.42. The number of hydrazine groups is 1. The van der Waals surface area contributed by atoms with Gasteiger partial charge < -0.3 is 4.74 Å². The minimum Gasteiger partial charge on any atom is -0.495 e. The van der Waals surface area contributed by atoms with Gasteiger partial charge in [-0.1, -0.05) is 12.1 Å². The summed E-state index contributed by atoms with van der Waals surface area (Å²) in [6, 6.07) is 8.29. The molecular formula is C21H27ClN2O2. The molecule has 26 heavy (non-hydrogen) atoms. The zero-order valence-corrected chi connectivity index (χ0v) is 16.5. The number of anilines is 1. The number of carbonyl (C=O) groups excluding carboxylic acids is 1. The fourth-order valence-electron chi connectivity index (χ4n) is 6.47. The number of halogens is 1. The van der Waals surface area contributed by atoms with Crippen molar-refractivity contribution in [2.45, 2.75) is 62.4 Å². The number of para-hydroxylation sites is 2. The predicted octanol–water partition coefficient (Wildman–Crippen LogP) is 4.22. The summed E-state index contributed by atoms with van der Waals surface area (Å²) in [6.07, 6.45) is 5.72. The fraction of sp³-hybridized carbons (Fsp3) is 0.667. The van der Waals surface area contributed by atoms with E-state index in [1.165, 1.54) is 19.3 Å². The van der Waals surface area contributed by atoms with Gasteiger partial charge in [0.05, 0.1) is 13.2 Å². The molecule has 0 aromatic heterocycles. The second-order valence-electron chi connectivity index (χ2n) is 9.30. The number of hydrogen-bond donors (Lipinski definition) is 0. The Morgan fingerprint density at radius 3 is 2.38 bits per heavy atom. The first-order valence-corrected chi connectivity index (χ1v) is 10.2. The van der Waals surface area contributed by atoms with Crippen molar-refractivity contribution in [3.8, 4) is 5.75 Å². The van der Waals surface area contributed by atoms with Crippen LogP contribution in [0, 0.1) is 17.8 Å². The van der Waals surface area contributed by atoms with Crippen molar-refractivity contribution < 1.29 is 9.53 Å². The van der Waals surface area contributed by atoms with E-state index in [1.54, 1.807) is 7.11 Å². The fourth-order valence-corrected chi connectivity index (χ4v) is 7.09. The highest BCUT2D eigenvalue weighted by molar-refractivity contribution is 6.24. The van der Waals surface area contributed by atoms with Gasteiger partial charge in [-0.15, -0.1) is 11.6 Å². The van der Waals surface area contributed by atoms with Gasteiger partial charge in [0.1, 0.15) is 17.0 Å². The van der Waals surface area contributed by atoms with Crippen LogP contribution < -0.4 is 9.75 Å². The molecule has 2 atom stereocenters.